The Balaban J connectivity index is 1.14. The van der Waals surface area contributed by atoms with Gasteiger partial charge in [-0.2, -0.15) is 4.98 Å². The van der Waals surface area contributed by atoms with Crippen LogP contribution in [0.15, 0.2) is 78.1 Å². The van der Waals surface area contributed by atoms with E-state index in [1.165, 1.54) is 5.56 Å². The third-order valence-electron chi connectivity index (χ3n) is 7.17. The molecule has 204 valence electrons. The molecule has 6 bridgehead atoms. The quantitative estimate of drug-likeness (QED) is 0.224. The zero-order chi connectivity index (χ0) is 27.3. The molecule has 3 N–H and O–H groups in total. The van der Waals surface area contributed by atoms with Crippen LogP contribution in [0.2, 0.25) is 5.02 Å². The van der Waals surface area contributed by atoms with Crippen LogP contribution in [0.4, 0.5) is 28.8 Å². The lowest BCUT2D eigenvalue weighted by atomic mass is 9.94. The number of hydrogen-bond acceptors (Lipinski definition) is 8. The maximum atomic E-state index is 13.2. The van der Waals surface area contributed by atoms with Gasteiger partial charge in [-0.05, 0) is 97.1 Å². The molecule has 0 unspecified atom stereocenters. The molecular weight excluding hydrogens is 542 g/mol. The number of aryl methyl sites for hydroxylation is 2. The molecule has 4 heterocycles. The van der Waals surface area contributed by atoms with E-state index in [9.17, 15) is 4.79 Å². The highest BCUT2D eigenvalue weighted by atomic mass is 35.5. The number of hydrogen-bond donors (Lipinski definition) is 3. The number of carbonyl (C=O) groups is 1. The van der Waals surface area contributed by atoms with Crippen molar-refractivity contribution in [2.75, 3.05) is 29.0 Å². The second-order valence-electron chi connectivity index (χ2n) is 10.1. The maximum absolute atomic E-state index is 13.2. The van der Waals surface area contributed by atoms with Crippen molar-refractivity contribution in [1.29, 1.82) is 0 Å². The molecule has 4 aromatic rings. The van der Waals surface area contributed by atoms with Crippen molar-refractivity contribution in [3.63, 3.8) is 0 Å². The summed E-state index contributed by atoms with van der Waals surface area (Å²) < 4.78 is 2.36. The molecule has 40 heavy (non-hydrogen) atoms. The van der Waals surface area contributed by atoms with E-state index in [4.69, 9.17) is 11.6 Å². The first-order valence-electron chi connectivity index (χ1n) is 13.5. The van der Waals surface area contributed by atoms with E-state index in [0.29, 0.717) is 29.1 Å². The molecule has 2 aliphatic heterocycles. The number of rotatable bonds is 5. The second-order valence-corrected chi connectivity index (χ2v) is 11.7. The Morgan fingerprint density at radius 1 is 1.02 bits per heavy atom. The van der Waals surface area contributed by atoms with Gasteiger partial charge in [0.2, 0.25) is 11.9 Å². The van der Waals surface area contributed by atoms with Crippen molar-refractivity contribution in [2.45, 2.75) is 37.0 Å². The van der Waals surface area contributed by atoms with Gasteiger partial charge in [0.05, 0.1) is 6.20 Å². The van der Waals surface area contributed by atoms with Crippen LogP contribution in [-0.2, 0) is 17.6 Å². The van der Waals surface area contributed by atoms with E-state index in [2.05, 4.69) is 59.5 Å². The molecule has 10 heteroatoms. The number of fused-ring (bicyclic) bond motifs is 6. The first kappa shape index (κ1) is 26.6. The van der Waals surface area contributed by atoms with Crippen LogP contribution >= 0.6 is 23.5 Å². The number of piperidine rings is 1. The zero-order valence-electron chi connectivity index (χ0n) is 21.9. The summed E-state index contributed by atoms with van der Waals surface area (Å²) in [5.41, 5.74) is 4.85. The molecule has 2 aliphatic rings. The molecule has 0 radical (unpaired) electrons. The van der Waals surface area contributed by atoms with Crippen molar-refractivity contribution in [1.82, 2.24) is 19.3 Å². The molecule has 0 saturated carbocycles. The van der Waals surface area contributed by atoms with Crippen LogP contribution in [-0.4, -0.2) is 38.3 Å². The monoisotopic (exact) mass is 571 g/mol. The van der Waals surface area contributed by atoms with Crippen LogP contribution in [0.3, 0.4) is 0 Å². The predicted molar refractivity (Wildman–Crippen MR) is 162 cm³/mol. The number of benzene rings is 2. The summed E-state index contributed by atoms with van der Waals surface area (Å²) in [7, 11) is 0. The van der Waals surface area contributed by atoms with E-state index in [1.54, 1.807) is 24.3 Å². The van der Waals surface area contributed by atoms with Crippen LogP contribution in [0.25, 0.3) is 0 Å². The lowest BCUT2D eigenvalue weighted by molar-refractivity contribution is -0.117. The van der Waals surface area contributed by atoms with Crippen LogP contribution in [0.1, 0.15) is 30.4 Å². The maximum Gasteiger partial charge on any atom is 0.229 e. The van der Waals surface area contributed by atoms with E-state index in [0.717, 1.165) is 66.3 Å². The number of pyridine rings is 1. The Morgan fingerprint density at radius 2 is 1.90 bits per heavy atom. The highest BCUT2D eigenvalue weighted by molar-refractivity contribution is 7.97. The minimum Gasteiger partial charge on any atom is -0.339 e. The van der Waals surface area contributed by atoms with Crippen molar-refractivity contribution < 1.29 is 4.79 Å². The number of carbonyl (C=O) groups excluding carboxylic acids is 1. The number of nitrogens with one attached hydrogen (secondary N) is 3. The summed E-state index contributed by atoms with van der Waals surface area (Å²) >= 11 is 8.14. The van der Waals surface area contributed by atoms with Gasteiger partial charge < -0.3 is 16.0 Å². The Bertz CT molecular complexity index is 1490. The Kier molecular flexibility index (Phi) is 8.13. The normalized spacial score (nSPS) is 15.5. The van der Waals surface area contributed by atoms with Crippen molar-refractivity contribution >= 4 is 58.3 Å². The number of aromatic nitrogens is 3. The molecule has 6 rings (SSSR count). The molecule has 0 atom stereocenters. The summed E-state index contributed by atoms with van der Waals surface area (Å²) in [5.74, 6) is 1.42. The van der Waals surface area contributed by atoms with Gasteiger partial charge in [-0.15, -0.1) is 0 Å². The third kappa shape index (κ3) is 6.72. The van der Waals surface area contributed by atoms with E-state index < -0.39 is 0 Å². The van der Waals surface area contributed by atoms with Crippen LogP contribution < -0.4 is 16.0 Å². The average Bonchev–Trinajstić information content (AvgIpc) is 2.97. The van der Waals surface area contributed by atoms with Gasteiger partial charge in [-0.3, -0.25) is 9.78 Å². The van der Waals surface area contributed by atoms with Gasteiger partial charge >= 0.3 is 0 Å². The SMILES string of the molecule is O=C(CC1CCN(Sc2cccnc2)CC1)Nc1ccc2cc1CCc1cccc(c1)Nc1ncc(Cl)c(n1)N2. The van der Waals surface area contributed by atoms with E-state index in [-0.39, 0.29) is 5.91 Å². The highest BCUT2D eigenvalue weighted by Gasteiger charge is 2.23. The number of amides is 1. The summed E-state index contributed by atoms with van der Waals surface area (Å²) in [5, 5.41) is 10.2. The standard InChI is InChI=1S/C30H30ClN7OS/c31-26-19-33-30-35-23-4-1-3-20(15-23)6-7-22-17-24(34-29(26)37-30)8-9-27(22)36-28(39)16-21-10-13-38(14-11-21)40-25-5-2-12-32-18-25/h1-5,8-9,12,15,17-19,21H,6-7,10-11,13-14,16H2,(H,36,39)(H2,33,34,35,37). The third-order valence-corrected chi connectivity index (χ3v) is 8.52. The minimum atomic E-state index is 0.0629. The zero-order valence-corrected chi connectivity index (χ0v) is 23.5. The van der Waals surface area contributed by atoms with Gasteiger partial charge in [0.25, 0.3) is 0 Å². The highest BCUT2D eigenvalue weighted by Crippen LogP contribution is 2.31. The van der Waals surface area contributed by atoms with Crippen LogP contribution in [0, 0.1) is 5.92 Å². The largest absolute Gasteiger partial charge is 0.339 e. The van der Waals surface area contributed by atoms with Gasteiger partial charge in [-0.25, -0.2) is 9.29 Å². The molecular formula is C30H30ClN7OS. The van der Waals surface area contributed by atoms with E-state index >= 15 is 0 Å². The summed E-state index contributed by atoms with van der Waals surface area (Å²) in [6, 6.07) is 18.2. The van der Waals surface area contributed by atoms with Gasteiger partial charge in [-0.1, -0.05) is 23.7 Å². The van der Waals surface area contributed by atoms with Gasteiger partial charge in [0.15, 0.2) is 5.82 Å². The Hall–Kier alpha value is -3.66. The first-order valence-corrected chi connectivity index (χ1v) is 14.6. The summed E-state index contributed by atoms with van der Waals surface area (Å²) in [6.07, 6.45) is 9.40. The van der Waals surface area contributed by atoms with Gasteiger partial charge in [0.1, 0.15) is 5.02 Å². The second kappa shape index (κ2) is 12.2. The topological polar surface area (TPSA) is 95.1 Å². The number of halogens is 1. The molecule has 1 fully saturated rings. The fourth-order valence-corrected chi connectivity index (χ4v) is 6.16. The smallest absolute Gasteiger partial charge is 0.229 e. The Morgan fingerprint density at radius 3 is 2.75 bits per heavy atom. The fraction of sp³-hybridized carbons (Fsp3) is 0.267. The molecule has 1 amide bonds. The lowest BCUT2D eigenvalue weighted by Gasteiger charge is -2.30. The van der Waals surface area contributed by atoms with Crippen molar-refractivity contribution in [2.24, 2.45) is 5.92 Å². The molecule has 0 spiro atoms. The predicted octanol–water partition coefficient (Wildman–Crippen LogP) is 6.86. The molecule has 0 aliphatic carbocycles. The Labute approximate surface area is 243 Å². The minimum absolute atomic E-state index is 0.0629. The molecule has 1 saturated heterocycles. The van der Waals surface area contributed by atoms with Crippen LogP contribution in [0.5, 0.6) is 0 Å². The summed E-state index contributed by atoms with van der Waals surface area (Å²) in [6.45, 7) is 1.93. The molecule has 2 aromatic carbocycles. The first-order chi connectivity index (χ1) is 19.6. The molecule has 8 nitrogen and oxygen atoms in total. The molecule has 2 aromatic heterocycles. The van der Waals surface area contributed by atoms with Crippen molar-refractivity contribution in [3.8, 4) is 0 Å². The fourth-order valence-electron chi connectivity index (χ4n) is 5.08. The van der Waals surface area contributed by atoms with Gasteiger partial charge in [0, 0.05) is 53.9 Å². The van der Waals surface area contributed by atoms with Crippen molar-refractivity contribution in [3.05, 3.63) is 89.3 Å². The lowest BCUT2D eigenvalue weighted by Crippen LogP contribution is -2.30. The number of nitrogens with zero attached hydrogens (tertiary/aromatic N) is 4. The van der Waals surface area contributed by atoms with E-state index in [1.807, 2.05) is 36.5 Å². The summed E-state index contributed by atoms with van der Waals surface area (Å²) in [4.78, 5) is 27.4. The average molecular weight is 572 g/mol. The number of anilines is 5.